The minimum Gasteiger partial charge on any atom is -0.436 e. The number of hydrogen-bond acceptors (Lipinski definition) is 6. The Morgan fingerprint density at radius 3 is 2.43 bits per heavy atom. The van der Waals surface area contributed by atoms with E-state index in [1.54, 1.807) is 6.07 Å². The van der Waals surface area contributed by atoms with E-state index >= 15 is 0 Å². The van der Waals surface area contributed by atoms with E-state index in [0.717, 1.165) is 15.8 Å². The largest absolute Gasteiger partial charge is 0.436 e. The van der Waals surface area contributed by atoms with Crippen molar-refractivity contribution in [2.24, 2.45) is 0 Å². The molecule has 0 saturated carbocycles. The first-order chi connectivity index (χ1) is 9.71. The summed E-state index contributed by atoms with van der Waals surface area (Å²) in [6.07, 6.45) is 0. The van der Waals surface area contributed by atoms with Gasteiger partial charge in [-0.15, -0.1) is 0 Å². The molecule has 114 valence electrons. The van der Waals surface area contributed by atoms with Gasteiger partial charge in [0.05, 0.1) is 10.6 Å². The molecule has 6 nitrogen and oxygen atoms in total. The standard InChI is InChI=1S/C13H17N3O3S2/c1-8-9(2)19-13(15-8)20-12-6-5-10(7-11(12)14)21(17,18)16(3)4/h5-7H,14H2,1-4H3. The number of rotatable bonds is 4. The van der Waals surface area contributed by atoms with Gasteiger partial charge in [0, 0.05) is 24.7 Å². The highest BCUT2D eigenvalue weighted by molar-refractivity contribution is 7.99. The van der Waals surface area contributed by atoms with E-state index in [1.807, 2.05) is 13.8 Å². The van der Waals surface area contributed by atoms with E-state index in [9.17, 15) is 8.42 Å². The lowest BCUT2D eigenvalue weighted by atomic mass is 10.3. The van der Waals surface area contributed by atoms with E-state index in [1.165, 1.54) is 38.0 Å². The second-order valence-corrected chi connectivity index (χ2v) is 7.86. The van der Waals surface area contributed by atoms with Gasteiger partial charge in [0.1, 0.15) is 5.76 Å². The minimum atomic E-state index is -3.49. The van der Waals surface area contributed by atoms with Gasteiger partial charge in [-0.05, 0) is 43.8 Å². The van der Waals surface area contributed by atoms with Crippen LogP contribution >= 0.6 is 11.8 Å². The van der Waals surface area contributed by atoms with Gasteiger partial charge in [0.2, 0.25) is 10.0 Å². The highest BCUT2D eigenvalue weighted by atomic mass is 32.2. The summed E-state index contributed by atoms with van der Waals surface area (Å²) in [5, 5.41) is 0.486. The fourth-order valence-corrected chi connectivity index (χ4v) is 3.36. The molecule has 1 heterocycles. The number of hydrogen-bond donors (Lipinski definition) is 1. The van der Waals surface area contributed by atoms with Crippen LogP contribution in [0.4, 0.5) is 5.69 Å². The monoisotopic (exact) mass is 327 g/mol. The summed E-state index contributed by atoms with van der Waals surface area (Å²) in [5.41, 5.74) is 7.13. The Bertz CT molecular complexity index is 747. The third-order valence-corrected chi connectivity index (χ3v) is 5.72. The molecule has 0 spiro atoms. The molecule has 0 bridgehead atoms. The number of oxazole rings is 1. The molecular formula is C13H17N3O3S2. The van der Waals surface area contributed by atoms with Crippen LogP contribution in [0.3, 0.4) is 0 Å². The molecular weight excluding hydrogens is 310 g/mol. The predicted molar refractivity (Wildman–Crippen MR) is 81.8 cm³/mol. The van der Waals surface area contributed by atoms with Gasteiger partial charge in [-0.25, -0.2) is 17.7 Å². The van der Waals surface area contributed by atoms with Gasteiger partial charge in [-0.2, -0.15) is 0 Å². The van der Waals surface area contributed by atoms with Crippen molar-refractivity contribution < 1.29 is 12.8 Å². The Balaban J connectivity index is 2.32. The fourth-order valence-electron chi connectivity index (χ4n) is 1.57. The fraction of sp³-hybridized carbons (Fsp3) is 0.308. The molecule has 0 unspecified atom stereocenters. The summed E-state index contributed by atoms with van der Waals surface area (Å²) in [6.45, 7) is 3.70. The molecule has 2 aromatic rings. The number of nitrogens with zero attached hydrogens (tertiary/aromatic N) is 2. The Hall–Kier alpha value is -1.51. The number of sulfonamides is 1. The van der Waals surface area contributed by atoms with Gasteiger partial charge in [0.15, 0.2) is 0 Å². The number of nitrogens with two attached hydrogens (primary N) is 1. The van der Waals surface area contributed by atoms with Crippen LogP contribution < -0.4 is 5.73 Å². The molecule has 0 radical (unpaired) electrons. The van der Waals surface area contributed by atoms with Crippen LogP contribution in [-0.2, 0) is 10.0 Å². The van der Waals surface area contributed by atoms with E-state index < -0.39 is 10.0 Å². The quantitative estimate of drug-likeness (QED) is 0.867. The number of aryl methyl sites for hydroxylation is 2. The second kappa shape index (κ2) is 5.70. The van der Waals surface area contributed by atoms with Gasteiger partial charge < -0.3 is 10.2 Å². The van der Waals surface area contributed by atoms with Crippen LogP contribution in [0.1, 0.15) is 11.5 Å². The van der Waals surface area contributed by atoms with Crippen LogP contribution in [-0.4, -0.2) is 31.8 Å². The number of anilines is 1. The zero-order valence-corrected chi connectivity index (χ0v) is 13.9. The maximum atomic E-state index is 12.0. The number of aromatic nitrogens is 1. The lowest BCUT2D eigenvalue weighted by Gasteiger charge is -2.12. The first-order valence-corrected chi connectivity index (χ1v) is 8.41. The molecule has 0 fully saturated rings. The molecule has 2 rings (SSSR count). The average molecular weight is 327 g/mol. The minimum absolute atomic E-state index is 0.161. The summed E-state index contributed by atoms with van der Waals surface area (Å²) < 4.78 is 30.7. The Kier molecular flexibility index (Phi) is 4.31. The molecule has 8 heteroatoms. The molecule has 0 saturated heterocycles. The maximum Gasteiger partial charge on any atom is 0.261 e. The van der Waals surface area contributed by atoms with E-state index in [-0.39, 0.29) is 4.90 Å². The Morgan fingerprint density at radius 1 is 1.29 bits per heavy atom. The van der Waals surface area contributed by atoms with Crippen LogP contribution in [0.2, 0.25) is 0 Å². The number of benzene rings is 1. The lowest BCUT2D eigenvalue weighted by Crippen LogP contribution is -2.22. The second-order valence-electron chi connectivity index (χ2n) is 4.71. The van der Waals surface area contributed by atoms with Crippen molar-refractivity contribution in [2.45, 2.75) is 28.9 Å². The highest BCUT2D eigenvalue weighted by Gasteiger charge is 2.19. The third kappa shape index (κ3) is 3.22. The van der Waals surface area contributed by atoms with Gasteiger partial charge in [-0.3, -0.25) is 0 Å². The van der Waals surface area contributed by atoms with Crippen LogP contribution in [0.15, 0.2) is 37.6 Å². The van der Waals surface area contributed by atoms with Crippen LogP contribution in [0.25, 0.3) is 0 Å². The average Bonchev–Trinajstić information content (AvgIpc) is 2.70. The lowest BCUT2D eigenvalue weighted by molar-refractivity contribution is 0.431. The molecule has 0 amide bonds. The first-order valence-electron chi connectivity index (χ1n) is 6.15. The molecule has 1 aromatic carbocycles. The highest BCUT2D eigenvalue weighted by Crippen LogP contribution is 2.33. The maximum absolute atomic E-state index is 12.0. The van der Waals surface area contributed by atoms with E-state index in [4.69, 9.17) is 10.2 Å². The van der Waals surface area contributed by atoms with Crippen molar-refractivity contribution >= 4 is 27.5 Å². The van der Waals surface area contributed by atoms with Crippen molar-refractivity contribution in [3.63, 3.8) is 0 Å². The summed E-state index contributed by atoms with van der Waals surface area (Å²) in [5.74, 6) is 0.753. The summed E-state index contributed by atoms with van der Waals surface area (Å²) in [6, 6.07) is 4.63. The Labute approximate surface area is 128 Å². The van der Waals surface area contributed by atoms with Crippen LogP contribution in [0, 0.1) is 13.8 Å². The summed E-state index contributed by atoms with van der Waals surface area (Å²) in [7, 11) is -0.529. The molecule has 2 N–H and O–H groups in total. The summed E-state index contributed by atoms with van der Waals surface area (Å²) >= 11 is 1.27. The van der Waals surface area contributed by atoms with Gasteiger partial charge >= 0.3 is 0 Å². The van der Waals surface area contributed by atoms with Crippen molar-refractivity contribution in [1.82, 2.24) is 9.29 Å². The molecule has 1 aromatic heterocycles. The topological polar surface area (TPSA) is 89.4 Å². The molecule has 0 aliphatic rings. The molecule has 0 aliphatic carbocycles. The first kappa shape index (κ1) is 15.9. The zero-order valence-electron chi connectivity index (χ0n) is 12.2. The van der Waals surface area contributed by atoms with Gasteiger partial charge in [-0.1, -0.05) is 0 Å². The van der Waals surface area contributed by atoms with Crippen molar-refractivity contribution in [3.05, 3.63) is 29.7 Å². The van der Waals surface area contributed by atoms with Crippen molar-refractivity contribution in [1.29, 1.82) is 0 Å². The zero-order chi connectivity index (χ0) is 15.8. The smallest absolute Gasteiger partial charge is 0.261 e. The molecule has 0 atom stereocenters. The predicted octanol–water partition coefficient (Wildman–Crippen LogP) is 2.28. The van der Waals surface area contributed by atoms with Gasteiger partial charge in [0.25, 0.3) is 5.22 Å². The van der Waals surface area contributed by atoms with Crippen molar-refractivity contribution in [2.75, 3.05) is 19.8 Å². The third-order valence-electron chi connectivity index (χ3n) is 2.97. The van der Waals surface area contributed by atoms with E-state index in [0.29, 0.717) is 15.8 Å². The molecule has 21 heavy (non-hydrogen) atoms. The molecule has 0 aliphatic heterocycles. The van der Waals surface area contributed by atoms with Crippen molar-refractivity contribution in [3.8, 4) is 0 Å². The Morgan fingerprint density at radius 2 is 1.95 bits per heavy atom. The van der Waals surface area contributed by atoms with Crippen LogP contribution in [0.5, 0.6) is 0 Å². The summed E-state index contributed by atoms with van der Waals surface area (Å²) in [4.78, 5) is 5.12. The number of nitrogen functional groups attached to an aromatic ring is 1. The SMILES string of the molecule is Cc1nc(Sc2ccc(S(=O)(=O)N(C)C)cc2N)oc1C. The normalized spacial score (nSPS) is 12.0. The van der Waals surface area contributed by atoms with E-state index in [2.05, 4.69) is 4.98 Å².